The lowest BCUT2D eigenvalue weighted by Gasteiger charge is -2.39. The molecule has 0 fully saturated rings. The Morgan fingerprint density at radius 2 is 1.06 bits per heavy atom. The molecule has 336 valence electrons. The van der Waals surface area contributed by atoms with Crippen molar-refractivity contribution in [2.24, 2.45) is 5.92 Å². The molecule has 0 heterocycles. The predicted molar refractivity (Wildman–Crippen MR) is 273 cm³/mol. The van der Waals surface area contributed by atoms with Gasteiger partial charge in [-0.2, -0.15) is 0 Å². The normalized spacial score (nSPS) is 16.2. The lowest BCUT2D eigenvalue weighted by molar-refractivity contribution is 0.266. The maximum absolute atomic E-state index is 5.59. The van der Waals surface area contributed by atoms with Crippen molar-refractivity contribution in [2.45, 2.75) is 148 Å². The first-order chi connectivity index (χ1) is 30.8. The Bertz CT molecular complexity index is 2440. The molecule has 2 nitrogen and oxygen atoms in total. The summed E-state index contributed by atoms with van der Waals surface area (Å²) >= 11 is 0. The van der Waals surface area contributed by atoms with Gasteiger partial charge in [-0.3, -0.25) is 0 Å². The highest BCUT2D eigenvalue weighted by atomic mass is 16.5. The van der Waals surface area contributed by atoms with Gasteiger partial charge in [0.15, 0.2) is 0 Å². The quantitative estimate of drug-likeness (QED) is 0.0762. The molecule has 6 aromatic rings. The molecule has 0 saturated carbocycles. The molecule has 6 aromatic carbocycles. The summed E-state index contributed by atoms with van der Waals surface area (Å²) in [5, 5.41) is 0. The second-order valence-corrected chi connectivity index (χ2v) is 20.4. The molecule has 0 spiro atoms. The van der Waals surface area contributed by atoms with Crippen LogP contribution in [0.3, 0.4) is 0 Å². The first-order valence-electron chi connectivity index (χ1n) is 24.5. The third-order valence-electron chi connectivity index (χ3n) is 15.9. The molecule has 0 N–H and O–H groups in total. The third-order valence-corrected chi connectivity index (χ3v) is 15.9. The summed E-state index contributed by atoms with van der Waals surface area (Å²) in [6, 6.07) is 51.2. The van der Waals surface area contributed by atoms with Crippen LogP contribution in [-0.2, 0) is 29.1 Å². The molecule has 2 heteroatoms. The van der Waals surface area contributed by atoms with Crippen LogP contribution in [0.2, 0.25) is 0 Å². The molecule has 64 heavy (non-hydrogen) atoms. The first-order valence-corrected chi connectivity index (χ1v) is 24.5. The minimum absolute atomic E-state index is 0.0571. The van der Waals surface area contributed by atoms with Gasteiger partial charge in [-0.1, -0.05) is 175 Å². The maximum Gasteiger partial charge on any atom is 0.118 e. The van der Waals surface area contributed by atoms with E-state index in [1.54, 1.807) is 14.2 Å². The Hall–Kier alpha value is -5.08. The van der Waals surface area contributed by atoms with Crippen molar-refractivity contribution in [1.82, 2.24) is 0 Å². The van der Waals surface area contributed by atoms with Gasteiger partial charge in [0.25, 0.3) is 0 Å². The van der Waals surface area contributed by atoms with Gasteiger partial charge in [0.1, 0.15) is 11.5 Å². The fourth-order valence-electron chi connectivity index (χ4n) is 11.3. The van der Waals surface area contributed by atoms with Gasteiger partial charge in [-0.25, -0.2) is 0 Å². The van der Waals surface area contributed by atoms with Gasteiger partial charge in [-0.15, -0.1) is 0 Å². The third kappa shape index (κ3) is 9.92. The van der Waals surface area contributed by atoms with Gasteiger partial charge in [0.2, 0.25) is 0 Å². The molecular weight excluding hydrogens is 777 g/mol. The van der Waals surface area contributed by atoms with Crippen molar-refractivity contribution in [3.8, 4) is 22.6 Å². The Balaban J connectivity index is 1.17. The van der Waals surface area contributed by atoms with Crippen molar-refractivity contribution in [2.75, 3.05) is 14.2 Å². The van der Waals surface area contributed by atoms with Gasteiger partial charge in [0, 0.05) is 5.41 Å². The lowest BCUT2D eigenvalue weighted by atomic mass is 9.65. The first kappa shape index (κ1) is 46.9. The van der Waals surface area contributed by atoms with E-state index in [1.807, 2.05) is 0 Å². The monoisotopic (exact) mass is 853 g/mol. The van der Waals surface area contributed by atoms with E-state index in [-0.39, 0.29) is 16.2 Å². The smallest absolute Gasteiger partial charge is 0.118 e. The SMILES string of the molecule is CCCC(CC)(CC(C)C(Cc1ccc(C)cc1)c1ccc(OC)cc1)c1ccc2c(c1)C(C)(C)c1cc(C(C)(CC)CCC(Cc3ccc(OC)cc3)c3ccc(C)cc3)ccc1-2. The minimum atomic E-state index is -0.0987. The number of hydrogen-bond acceptors (Lipinski definition) is 2. The number of methoxy groups -OCH3 is 2. The Labute approximate surface area is 387 Å². The summed E-state index contributed by atoms with van der Waals surface area (Å²) in [6.07, 6.45) is 10.0. The molecule has 1 aliphatic carbocycles. The van der Waals surface area contributed by atoms with Gasteiger partial charge >= 0.3 is 0 Å². The van der Waals surface area contributed by atoms with Crippen LogP contribution in [0, 0.1) is 19.8 Å². The highest BCUT2D eigenvalue weighted by Gasteiger charge is 2.40. The maximum atomic E-state index is 5.59. The zero-order valence-electron chi connectivity index (χ0n) is 41.1. The number of hydrogen-bond donors (Lipinski definition) is 0. The highest BCUT2D eigenvalue weighted by molar-refractivity contribution is 5.81. The zero-order chi connectivity index (χ0) is 45.6. The lowest BCUT2D eigenvalue weighted by Crippen LogP contribution is -2.31. The molecule has 0 aliphatic heterocycles. The number of ether oxygens (including phenoxy) is 2. The summed E-state index contributed by atoms with van der Waals surface area (Å²) < 4.78 is 11.1. The van der Waals surface area contributed by atoms with Gasteiger partial charge in [-0.05, 0) is 174 Å². The van der Waals surface area contributed by atoms with E-state index in [1.165, 1.54) is 73.2 Å². The molecule has 0 saturated heterocycles. The number of aryl methyl sites for hydroxylation is 2. The van der Waals surface area contributed by atoms with Crippen LogP contribution in [0.1, 0.15) is 161 Å². The van der Waals surface area contributed by atoms with Crippen LogP contribution < -0.4 is 9.47 Å². The Morgan fingerprint density at radius 3 is 1.61 bits per heavy atom. The topological polar surface area (TPSA) is 18.5 Å². The molecule has 0 bridgehead atoms. The molecule has 0 aromatic heterocycles. The van der Waals surface area contributed by atoms with E-state index in [0.717, 1.165) is 62.9 Å². The van der Waals surface area contributed by atoms with Crippen molar-refractivity contribution >= 4 is 0 Å². The summed E-state index contributed by atoms with van der Waals surface area (Å²) in [4.78, 5) is 0. The molecule has 1 aliphatic rings. The standard InChI is InChI=1S/C62H76O2/c1-12-36-62(14-3,42-45(6)57(39-47-19-15-43(4)16-20-47)49-25-31-54(64-11)32-26-49)52-28-34-56-55-33-27-51(40-58(55)60(7,8)59(56)41-52)61(9,13-2)37-35-50(48-23-17-44(5)18-24-48)38-46-21-29-53(63-10)30-22-46/h15-34,40-41,45,50,57H,12-14,35-39,42H2,1-11H3. The van der Waals surface area contributed by atoms with E-state index in [2.05, 4.69) is 196 Å². The molecule has 0 amide bonds. The second-order valence-electron chi connectivity index (χ2n) is 20.4. The van der Waals surface area contributed by atoms with Crippen LogP contribution in [0.25, 0.3) is 11.1 Å². The minimum Gasteiger partial charge on any atom is -0.497 e. The average Bonchev–Trinajstić information content (AvgIpc) is 3.54. The summed E-state index contributed by atoms with van der Waals surface area (Å²) in [5.74, 6) is 3.13. The van der Waals surface area contributed by atoms with E-state index in [4.69, 9.17) is 9.47 Å². The highest BCUT2D eigenvalue weighted by Crippen LogP contribution is 2.53. The molecule has 5 unspecified atom stereocenters. The summed E-state index contributed by atoms with van der Waals surface area (Å²) in [5.41, 5.74) is 17.1. The van der Waals surface area contributed by atoms with Crippen LogP contribution in [0.5, 0.6) is 11.5 Å². The number of rotatable bonds is 20. The molecule has 5 atom stereocenters. The number of fused-ring (bicyclic) bond motifs is 3. The van der Waals surface area contributed by atoms with Crippen molar-refractivity contribution in [3.63, 3.8) is 0 Å². The zero-order valence-corrected chi connectivity index (χ0v) is 41.1. The Kier molecular flexibility index (Phi) is 14.6. The predicted octanol–water partition coefficient (Wildman–Crippen LogP) is 16.6. The largest absolute Gasteiger partial charge is 0.497 e. The molecule has 7 rings (SSSR count). The van der Waals surface area contributed by atoms with Crippen LogP contribution in [0.4, 0.5) is 0 Å². The van der Waals surface area contributed by atoms with Gasteiger partial charge < -0.3 is 9.47 Å². The summed E-state index contributed by atoms with van der Waals surface area (Å²) in [7, 11) is 3.50. The van der Waals surface area contributed by atoms with Crippen LogP contribution in [0.15, 0.2) is 133 Å². The van der Waals surface area contributed by atoms with Crippen LogP contribution in [-0.4, -0.2) is 14.2 Å². The fraction of sp³-hybridized carbons (Fsp3) is 0.419. The van der Waals surface area contributed by atoms with E-state index in [9.17, 15) is 0 Å². The van der Waals surface area contributed by atoms with Crippen molar-refractivity contribution in [3.05, 3.63) is 189 Å². The average molecular weight is 853 g/mol. The second kappa shape index (κ2) is 20.0. The molecule has 0 radical (unpaired) electrons. The number of benzene rings is 6. The van der Waals surface area contributed by atoms with Gasteiger partial charge in [0.05, 0.1) is 14.2 Å². The van der Waals surface area contributed by atoms with Crippen LogP contribution >= 0.6 is 0 Å². The van der Waals surface area contributed by atoms with Crippen molar-refractivity contribution in [1.29, 1.82) is 0 Å². The molecular formula is C62H76O2. The Morgan fingerprint density at radius 1 is 0.562 bits per heavy atom. The van der Waals surface area contributed by atoms with E-state index in [0.29, 0.717) is 17.8 Å². The summed E-state index contributed by atoms with van der Waals surface area (Å²) in [6.45, 7) is 21.6. The van der Waals surface area contributed by atoms with E-state index >= 15 is 0 Å². The van der Waals surface area contributed by atoms with Crippen molar-refractivity contribution < 1.29 is 9.47 Å². The van der Waals surface area contributed by atoms with E-state index < -0.39 is 0 Å². The fourth-order valence-corrected chi connectivity index (χ4v) is 11.3.